The normalized spacial score (nSPS) is 24.2. The van der Waals surface area contributed by atoms with Crippen molar-refractivity contribution in [2.24, 2.45) is 0 Å². The molecule has 1 aliphatic rings. The number of aliphatic hydroxyl groups excluding tert-OH is 1. The summed E-state index contributed by atoms with van der Waals surface area (Å²) in [4.78, 5) is 0. The molecule has 2 rings (SSSR count). The quantitative estimate of drug-likeness (QED) is 0.790. The van der Waals surface area contributed by atoms with E-state index in [9.17, 15) is 2.81 Å². The number of halogens is 2. The van der Waals surface area contributed by atoms with Gasteiger partial charge >= 0.3 is 117 Å². The van der Waals surface area contributed by atoms with Crippen LogP contribution in [-0.4, -0.2) is 25.7 Å². The van der Waals surface area contributed by atoms with E-state index in [1.54, 1.807) is 6.08 Å². The van der Waals surface area contributed by atoms with E-state index in [0.717, 1.165) is 11.1 Å². The van der Waals surface area contributed by atoms with Crippen LogP contribution in [0.15, 0.2) is 30.3 Å². The second-order valence-electron chi connectivity index (χ2n) is 6.60. The van der Waals surface area contributed by atoms with Crippen LogP contribution in [0, 0.1) is 0 Å². The second-order valence-corrected chi connectivity index (χ2v) is 72.5. The van der Waals surface area contributed by atoms with Crippen LogP contribution in [0.1, 0.15) is 14.8 Å². The van der Waals surface area contributed by atoms with Gasteiger partial charge in [0.15, 0.2) is 0 Å². The Kier molecular flexibility index (Phi) is 2.96. The van der Waals surface area contributed by atoms with Crippen molar-refractivity contribution in [3.63, 3.8) is 0 Å². The van der Waals surface area contributed by atoms with E-state index in [1.807, 2.05) is 30.3 Å². The van der Waals surface area contributed by atoms with Gasteiger partial charge in [-0.3, -0.25) is 0 Å². The first-order valence-corrected chi connectivity index (χ1v) is 26.8. The summed E-state index contributed by atoms with van der Waals surface area (Å²) in [7, 11) is 13.2. The second kappa shape index (κ2) is 3.57. The molecule has 0 spiro atoms. The molecule has 0 saturated carbocycles. The summed E-state index contributed by atoms with van der Waals surface area (Å²) >= 11 is -6.54. The zero-order valence-electron chi connectivity index (χ0n) is 11.0. The van der Waals surface area contributed by atoms with E-state index in [4.69, 9.17) is 24.9 Å². The van der Waals surface area contributed by atoms with Crippen LogP contribution in [-0.2, 0) is 18.7 Å². The summed E-state index contributed by atoms with van der Waals surface area (Å²) in [5.41, 5.74) is 1.77. The minimum atomic E-state index is -6.54. The zero-order chi connectivity index (χ0) is 14.5. The van der Waals surface area contributed by atoms with Crippen molar-refractivity contribution >= 4 is 30.5 Å². The number of aliphatic hydroxyl groups is 1. The number of hydrogen-bond acceptors (Lipinski definition) is 3. The van der Waals surface area contributed by atoms with Crippen LogP contribution in [0.3, 0.4) is 0 Å². The van der Waals surface area contributed by atoms with E-state index in [0.29, 0.717) is 0 Å². The molecule has 1 unspecified atom stereocenters. The van der Waals surface area contributed by atoms with Gasteiger partial charge in [-0.15, -0.1) is 0 Å². The molecule has 0 radical (unpaired) electrons. The molecule has 1 aliphatic carbocycles. The molecule has 0 amide bonds. The number of fused-ring (bicyclic) bond motifs is 1. The first kappa shape index (κ1) is 15.7. The van der Waals surface area contributed by atoms with E-state index in [1.165, 1.54) is 4.63 Å². The summed E-state index contributed by atoms with van der Waals surface area (Å²) in [5.74, 6) is 0. The third-order valence-electron chi connectivity index (χ3n) is 3.64. The van der Waals surface area contributed by atoms with E-state index < -0.39 is 16.7 Å². The Balaban J connectivity index is 2.64. The van der Waals surface area contributed by atoms with E-state index in [-0.39, 0.29) is 20.6 Å². The third-order valence-corrected chi connectivity index (χ3v) is 23.0. The molecule has 106 valence electrons. The summed E-state index contributed by atoms with van der Waals surface area (Å²) in [5, 5.41) is 8.96. The van der Waals surface area contributed by atoms with Gasteiger partial charge in [-0.05, 0) is 0 Å². The number of hydrogen-bond donors (Lipinski definition) is 1. The van der Waals surface area contributed by atoms with Crippen molar-refractivity contribution < 1.29 is 23.8 Å². The number of allylic oxidation sites excluding steroid dienone is 1. The molecule has 1 N–H and O–H groups in total. The van der Waals surface area contributed by atoms with Gasteiger partial charge in [-0.25, -0.2) is 0 Å². The van der Waals surface area contributed by atoms with Gasteiger partial charge in [-0.1, -0.05) is 0 Å². The Hall–Kier alpha value is 0.360. The molecular weight excluding hydrogens is 382 g/mol. The fraction of sp³-hybridized carbons (Fsp3) is 0.333. The molecular formula is C12H18Cl2O3SiZr. The predicted molar refractivity (Wildman–Crippen MR) is 79.5 cm³/mol. The monoisotopic (exact) mass is 398 g/mol. The fourth-order valence-electron chi connectivity index (χ4n) is 2.67. The van der Waals surface area contributed by atoms with E-state index >= 15 is 0 Å². The Morgan fingerprint density at radius 2 is 2.05 bits per heavy atom. The molecule has 0 heterocycles. The first-order chi connectivity index (χ1) is 8.38. The number of rotatable bonds is 4. The molecule has 1 aromatic rings. The topological polar surface area (TPSA) is 46.5 Å². The van der Waals surface area contributed by atoms with Crippen LogP contribution < -0.4 is 0 Å². The van der Waals surface area contributed by atoms with Crippen molar-refractivity contribution in [2.75, 3.05) is 13.2 Å². The van der Waals surface area contributed by atoms with Gasteiger partial charge in [0.25, 0.3) is 0 Å². The molecule has 0 bridgehead atoms. The zero-order valence-corrected chi connectivity index (χ0v) is 16.9. The first-order valence-electron chi connectivity index (χ1n) is 6.25. The Morgan fingerprint density at radius 1 is 1.42 bits per heavy atom. The van der Waals surface area contributed by atoms with Crippen LogP contribution in [0.2, 0.25) is 4.63 Å². The van der Waals surface area contributed by atoms with Gasteiger partial charge in [-0.2, -0.15) is 0 Å². The SMILES string of the molecule is [CH3][Zr](=[O])([SiH3])([Cl])([Cl])([O]CCO)[CH]1C=Cc2ccccc21. The summed E-state index contributed by atoms with van der Waals surface area (Å²) in [6, 6.07) is 7.54. The third kappa shape index (κ3) is 3.02. The molecule has 1 aromatic carbocycles. The van der Waals surface area contributed by atoms with Gasteiger partial charge in [0.05, 0.1) is 0 Å². The van der Waals surface area contributed by atoms with Crippen molar-refractivity contribution in [3.8, 4) is 0 Å². The molecule has 0 aliphatic heterocycles. The van der Waals surface area contributed by atoms with Crippen molar-refractivity contribution in [3.05, 3.63) is 41.5 Å². The molecule has 0 saturated heterocycles. The molecule has 3 nitrogen and oxygen atoms in total. The summed E-state index contributed by atoms with van der Waals surface area (Å²) in [6.07, 6.45) is 3.61. The van der Waals surface area contributed by atoms with Gasteiger partial charge in [0, 0.05) is 0 Å². The summed E-state index contributed by atoms with van der Waals surface area (Å²) in [6.45, 7) is -0.406. The van der Waals surface area contributed by atoms with Gasteiger partial charge in [0.2, 0.25) is 0 Å². The Morgan fingerprint density at radius 3 is 2.68 bits per heavy atom. The Labute approximate surface area is 116 Å². The molecule has 7 heteroatoms. The maximum absolute atomic E-state index is 13.8. The molecule has 0 aromatic heterocycles. The van der Waals surface area contributed by atoms with Crippen LogP contribution >= 0.6 is 17.0 Å². The van der Waals surface area contributed by atoms with Gasteiger partial charge in [0.1, 0.15) is 0 Å². The predicted octanol–water partition coefficient (Wildman–Crippen LogP) is 2.42. The van der Waals surface area contributed by atoms with Crippen molar-refractivity contribution in [1.29, 1.82) is 0 Å². The van der Waals surface area contributed by atoms with Crippen molar-refractivity contribution in [1.82, 2.24) is 0 Å². The molecule has 19 heavy (non-hydrogen) atoms. The standard InChI is InChI=1S/C9H7.C2H5O2.CH3.2ClH.O.H3Si.Zr/c1-2-5-9-7-3-6-8(9)4-1;3-1-2-4;;;;;;/h1-7H;3H,1-2H2;1H3;2*1H;;1H3;/q;-1;;;;;;+3/p-2. The molecule has 1 atom stereocenters. The van der Waals surface area contributed by atoms with Crippen LogP contribution in [0.25, 0.3) is 6.08 Å². The summed E-state index contributed by atoms with van der Waals surface area (Å²) < 4.78 is 20.0. The van der Waals surface area contributed by atoms with Crippen LogP contribution in [0.5, 0.6) is 0 Å². The van der Waals surface area contributed by atoms with Crippen LogP contribution in [0.4, 0.5) is 0 Å². The fourth-order valence-corrected chi connectivity index (χ4v) is 17.9. The van der Waals surface area contributed by atoms with Crippen molar-refractivity contribution in [2.45, 2.75) is 8.26 Å². The average molecular weight is 400 g/mol. The maximum atomic E-state index is 13.8. The Bertz CT molecular complexity index is 671. The molecule has 0 fully saturated rings. The average Bonchev–Trinajstić information content (AvgIpc) is 2.70. The van der Waals surface area contributed by atoms with Gasteiger partial charge < -0.3 is 0 Å². The minimum absolute atomic E-state index is 0.0171. The van der Waals surface area contributed by atoms with E-state index in [2.05, 4.69) is 0 Å². The number of benzene rings is 1.